The number of fused-ring (bicyclic) bond motifs is 1. The predicted molar refractivity (Wildman–Crippen MR) is 93.8 cm³/mol. The molecule has 1 aliphatic heterocycles. The molecule has 1 aliphatic rings. The molecule has 0 aliphatic carbocycles. The molecule has 0 aromatic heterocycles. The molecule has 0 spiro atoms. The Labute approximate surface area is 139 Å². The quantitative estimate of drug-likeness (QED) is 0.677. The van der Waals surface area contributed by atoms with Crippen molar-refractivity contribution in [2.24, 2.45) is 10.7 Å². The smallest absolute Gasteiger partial charge is 0.119 e. The van der Waals surface area contributed by atoms with Crippen LogP contribution in [0.3, 0.4) is 0 Å². The van der Waals surface area contributed by atoms with E-state index in [-0.39, 0.29) is 11.5 Å². The van der Waals surface area contributed by atoms with Gasteiger partial charge in [-0.25, -0.2) is 4.99 Å². The van der Waals surface area contributed by atoms with Gasteiger partial charge in [0.15, 0.2) is 0 Å². The Bertz CT molecular complexity index is 883. The lowest BCUT2D eigenvalue weighted by molar-refractivity contribution is 0.475. The first kappa shape index (κ1) is 14.3. The van der Waals surface area contributed by atoms with Crippen molar-refractivity contribution in [3.05, 3.63) is 89.5 Å². The molecule has 4 nitrogen and oxygen atoms in total. The second kappa shape index (κ2) is 5.13. The van der Waals surface area contributed by atoms with Crippen LogP contribution in [0.2, 0.25) is 0 Å². The minimum atomic E-state index is -0.738. The van der Waals surface area contributed by atoms with Gasteiger partial charge in [0.2, 0.25) is 0 Å². The molecule has 3 aromatic rings. The predicted octanol–water partition coefficient (Wildman–Crippen LogP) is 3.43. The molecule has 1 heterocycles. The zero-order valence-corrected chi connectivity index (χ0v) is 12.8. The van der Waals surface area contributed by atoms with Crippen LogP contribution in [0.25, 0.3) is 0 Å². The summed E-state index contributed by atoms with van der Waals surface area (Å²) < 4.78 is 0. The number of hydrogen-bond donors (Lipinski definition) is 3. The minimum Gasteiger partial charge on any atom is -0.508 e. The van der Waals surface area contributed by atoms with Crippen molar-refractivity contribution < 1.29 is 10.2 Å². The number of rotatable bonds is 2. The van der Waals surface area contributed by atoms with Gasteiger partial charge in [0, 0.05) is 5.56 Å². The summed E-state index contributed by atoms with van der Waals surface area (Å²) in [6, 6.07) is 21.8. The van der Waals surface area contributed by atoms with E-state index in [1.54, 1.807) is 24.3 Å². The number of phenolic OH excluding ortho intramolecular Hbond substituents is 2. The number of aromatic hydroxyl groups is 2. The molecule has 24 heavy (non-hydrogen) atoms. The van der Waals surface area contributed by atoms with Crippen LogP contribution in [0.1, 0.15) is 16.7 Å². The van der Waals surface area contributed by atoms with Crippen LogP contribution in [0.4, 0.5) is 5.69 Å². The average molecular weight is 316 g/mol. The number of aliphatic imine (C=N–C) groups is 1. The highest BCUT2D eigenvalue weighted by molar-refractivity contribution is 6.05. The standard InChI is InChI=1S/C20H16N2O2/c21-19-20(13-5-9-15(23)10-6-13,14-7-11-16(24)12-8-14)17-3-1-2-4-18(17)22-19/h1-12,23-24H,(H2,21,22). The van der Waals surface area contributed by atoms with Gasteiger partial charge in [-0.15, -0.1) is 0 Å². The van der Waals surface area contributed by atoms with Crippen LogP contribution >= 0.6 is 0 Å². The normalized spacial score (nSPS) is 14.9. The monoisotopic (exact) mass is 316 g/mol. The number of phenols is 2. The van der Waals surface area contributed by atoms with Crippen molar-refractivity contribution in [2.45, 2.75) is 5.41 Å². The lowest BCUT2D eigenvalue weighted by atomic mass is 9.69. The molecule has 0 fully saturated rings. The van der Waals surface area contributed by atoms with Gasteiger partial charge in [-0.2, -0.15) is 0 Å². The highest BCUT2D eigenvalue weighted by Gasteiger charge is 2.45. The van der Waals surface area contributed by atoms with E-state index in [1.807, 2.05) is 48.5 Å². The van der Waals surface area contributed by atoms with Gasteiger partial charge in [-0.05, 0) is 41.5 Å². The van der Waals surface area contributed by atoms with Gasteiger partial charge in [0.05, 0.1) is 5.69 Å². The van der Waals surface area contributed by atoms with Gasteiger partial charge in [0.1, 0.15) is 22.7 Å². The fraction of sp³-hybridized carbons (Fsp3) is 0.0500. The summed E-state index contributed by atoms with van der Waals surface area (Å²) in [5, 5.41) is 19.3. The van der Waals surface area contributed by atoms with E-state index >= 15 is 0 Å². The molecule has 4 N–H and O–H groups in total. The SMILES string of the molecule is NC1=Nc2ccccc2C1(c1ccc(O)cc1)c1ccc(O)cc1. The number of benzene rings is 3. The maximum atomic E-state index is 9.66. The van der Waals surface area contributed by atoms with E-state index in [4.69, 9.17) is 5.73 Å². The summed E-state index contributed by atoms with van der Waals surface area (Å²) in [5.41, 5.74) is 9.33. The highest BCUT2D eigenvalue weighted by Crippen LogP contribution is 2.48. The second-order valence-electron chi connectivity index (χ2n) is 5.86. The van der Waals surface area contributed by atoms with Crippen LogP contribution in [0.5, 0.6) is 11.5 Å². The maximum absolute atomic E-state index is 9.66. The molecular formula is C20H16N2O2. The van der Waals surface area contributed by atoms with Gasteiger partial charge in [-0.1, -0.05) is 42.5 Å². The van der Waals surface area contributed by atoms with Crippen molar-refractivity contribution in [1.82, 2.24) is 0 Å². The lowest BCUT2D eigenvalue weighted by Crippen LogP contribution is -2.40. The molecule has 4 heteroatoms. The van der Waals surface area contributed by atoms with Crippen LogP contribution < -0.4 is 5.73 Å². The average Bonchev–Trinajstić information content (AvgIpc) is 2.89. The molecular weight excluding hydrogens is 300 g/mol. The summed E-state index contributed by atoms with van der Waals surface area (Å²) in [6.45, 7) is 0. The van der Waals surface area contributed by atoms with E-state index in [9.17, 15) is 10.2 Å². The molecule has 0 saturated heterocycles. The van der Waals surface area contributed by atoms with Gasteiger partial charge in [-0.3, -0.25) is 0 Å². The summed E-state index contributed by atoms with van der Waals surface area (Å²) in [4.78, 5) is 4.57. The van der Waals surface area contributed by atoms with E-state index in [0.29, 0.717) is 5.84 Å². The topological polar surface area (TPSA) is 78.8 Å². The van der Waals surface area contributed by atoms with Gasteiger partial charge >= 0.3 is 0 Å². The number of amidine groups is 1. The zero-order chi connectivity index (χ0) is 16.7. The minimum absolute atomic E-state index is 0.196. The molecule has 0 bridgehead atoms. The maximum Gasteiger partial charge on any atom is 0.119 e. The molecule has 0 radical (unpaired) electrons. The molecule has 0 saturated carbocycles. The molecule has 0 unspecified atom stereocenters. The summed E-state index contributed by atoms with van der Waals surface area (Å²) in [5.74, 6) is 0.864. The first-order valence-corrected chi connectivity index (χ1v) is 7.65. The van der Waals surface area contributed by atoms with Crippen LogP contribution in [0.15, 0.2) is 77.8 Å². The van der Waals surface area contributed by atoms with Crippen LogP contribution in [-0.4, -0.2) is 16.0 Å². The van der Waals surface area contributed by atoms with Gasteiger partial charge in [0.25, 0.3) is 0 Å². The summed E-state index contributed by atoms with van der Waals surface area (Å²) in [6.07, 6.45) is 0. The molecule has 118 valence electrons. The summed E-state index contributed by atoms with van der Waals surface area (Å²) >= 11 is 0. The molecule has 3 aromatic carbocycles. The lowest BCUT2D eigenvalue weighted by Gasteiger charge is -2.32. The number of nitrogens with zero attached hydrogens (tertiary/aromatic N) is 1. The third-order valence-electron chi connectivity index (χ3n) is 4.53. The van der Waals surface area contributed by atoms with E-state index in [2.05, 4.69) is 4.99 Å². The fourth-order valence-electron chi connectivity index (χ4n) is 3.44. The Kier molecular flexibility index (Phi) is 3.06. The number of nitrogens with two attached hydrogens (primary N) is 1. The van der Waals surface area contributed by atoms with E-state index < -0.39 is 5.41 Å². The van der Waals surface area contributed by atoms with Crippen LogP contribution in [0, 0.1) is 0 Å². The van der Waals surface area contributed by atoms with Crippen molar-refractivity contribution in [2.75, 3.05) is 0 Å². The largest absolute Gasteiger partial charge is 0.508 e. The fourth-order valence-corrected chi connectivity index (χ4v) is 3.44. The third-order valence-corrected chi connectivity index (χ3v) is 4.53. The number of para-hydroxylation sites is 1. The Morgan fingerprint density at radius 1 is 0.708 bits per heavy atom. The highest BCUT2D eigenvalue weighted by atomic mass is 16.3. The first-order chi connectivity index (χ1) is 11.6. The van der Waals surface area contributed by atoms with Crippen molar-refractivity contribution in [1.29, 1.82) is 0 Å². The van der Waals surface area contributed by atoms with Gasteiger partial charge < -0.3 is 15.9 Å². The third kappa shape index (κ3) is 1.90. The Balaban J connectivity index is 2.06. The molecule has 4 rings (SSSR count). The number of hydrogen-bond acceptors (Lipinski definition) is 4. The zero-order valence-electron chi connectivity index (χ0n) is 12.8. The Hall–Kier alpha value is -3.27. The Morgan fingerprint density at radius 2 is 1.21 bits per heavy atom. The molecule has 0 amide bonds. The van der Waals surface area contributed by atoms with E-state index in [1.165, 1.54) is 0 Å². The van der Waals surface area contributed by atoms with Crippen molar-refractivity contribution in [3.8, 4) is 11.5 Å². The van der Waals surface area contributed by atoms with E-state index in [0.717, 1.165) is 22.4 Å². The molecule has 0 atom stereocenters. The van der Waals surface area contributed by atoms with Crippen LogP contribution in [-0.2, 0) is 5.41 Å². The second-order valence-corrected chi connectivity index (χ2v) is 5.86. The van der Waals surface area contributed by atoms with Crippen molar-refractivity contribution in [3.63, 3.8) is 0 Å². The first-order valence-electron chi connectivity index (χ1n) is 7.65. The summed E-state index contributed by atoms with van der Waals surface area (Å²) in [7, 11) is 0. The van der Waals surface area contributed by atoms with Crippen molar-refractivity contribution >= 4 is 11.5 Å². The Morgan fingerprint density at radius 3 is 1.75 bits per heavy atom.